The SMILES string of the molecule is COc1ccc(Cl)cc1C(=O)NNC(=O)COC(=O)C12C[C@H]3C[C@@H](CC(Cl)(C3)C1)C2. The molecule has 0 aliphatic heterocycles. The van der Waals surface area contributed by atoms with E-state index in [0.717, 1.165) is 32.1 Å². The Kier molecular flexibility index (Phi) is 5.62. The number of hydrogen-bond donors (Lipinski definition) is 2. The third kappa shape index (κ3) is 4.10. The van der Waals surface area contributed by atoms with E-state index in [1.165, 1.54) is 13.2 Å². The van der Waals surface area contributed by atoms with Gasteiger partial charge in [-0.25, -0.2) is 0 Å². The van der Waals surface area contributed by atoms with E-state index in [2.05, 4.69) is 10.9 Å². The van der Waals surface area contributed by atoms with Crippen molar-refractivity contribution >= 4 is 41.0 Å². The van der Waals surface area contributed by atoms with Crippen LogP contribution in [0.1, 0.15) is 48.9 Å². The molecule has 2 amide bonds. The molecule has 4 fully saturated rings. The van der Waals surface area contributed by atoms with Gasteiger partial charge in [0, 0.05) is 9.90 Å². The van der Waals surface area contributed by atoms with Gasteiger partial charge in [-0.1, -0.05) is 11.6 Å². The molecule has 0 heterocycles. The van der Waals surface area contributed by atoms with Gasteiger partial charge in [-0.15, -0.1) is 11.6 Å². The van der Waals surface area contributed by atoms with Crippen LogP contribution in [0.25, 0.3) is 0 Å². The van der Waals surface area contributed by atoms with Gasteiger partial charge >= 0.3 is 5.97 Å². The number of esters is 1. The van der Waals surface area contributed by atoms with E-state index < -0.39 is 23.8 Å². The summed E-state index contributed by atoms with van der Waals surface area (Å²) in [7, 11) is 1.42. The summed E-state index contributed by atoms with van der Waals surface area (Å²) in [4.78, 5) is 36.9. The molecule has 4 aliphatic carbocycles. The Labute approximate surface area is 184 Å². The molecule has 0 radical (unpaired) electrons. The molecule has 0 unspecified atom stereocenters. The van der Waals surface area contributed by atoms with Crippen LogP contribution in [0.2, 0.25) is 5.02 Å². The van der Waals surface area contributed by atoms with Gasteiger partial charge < -0.3 is 9.47 Å². The molecule has 0 saturated heterocycles. The number of halogens is 2. The number of ether oxygens (including phenoxy) is 2. The average Bonchev–Trinajstić information content (AvgIpc) is 2.68. The summed E-state index contributed by atoms with van der Waals surface area (Å²) in [6, 6.07) is 4.57. The molecule has 1 aromatic carbocycles. The molecule has 4 bridgehead atoms. The minimum absolute atomic E-state index is 0.170. The van der Waals surface area contributed by atoms with Crippen molar-refractivity contribution in [2.75, 3.05) is 13.7 Å². The van der Waals surface area contributed by atoms with Gasteiger partial charge in [-0.3, -0.25) is 25.2 Å². The van der Waals surface area contributed by atoms with Crippen molar-refractivity contribution in [1.82, 2.24) is 10.9 Å². The minimum Gasteiger partial charge on any atom is -0.496 e. The fraction of sp³-hybridized carbons (Fsp3) is 0.571. The predicted octanol–water partition coefficient (Wildman–Crippen LogP) is 3.23. The van der Waals surface area contributed by atoms with Crippen molar-refractivity contribution in [3.8, 4) is 5.75 Å². The first kappa shape index (κ1) is 21.2. The Morgan fingerprint density at radius 3 is 2.47 bits per heavy atom. The highest BCUT2D eigenvalue weighted by atomic mass is 35.5. The molecule has 4 aliphatic rings. The predicted molar refractivity (Wildman–Crippen MR) is 110 cm³/mol. The highest BCUT2D eigenvalue weighted by molar-refractivity contribution is 6.31. The van der Waals surface area contributed by atoms with E-state index in [9.17, 15) is 14.4 Å². The van der Waals surface area contributed by atoms with Crippen molar-refractivity contribution in [1.29, 1.82) is 0 Å². The zero-order valence-corrected chi connectivity index (χ0v) is 18.1. The zero-order chi connectivity index (χ0) is 21.5. The summed E-state index contributed by atoms with van der Waals surface area (Å²) < 4.78 is 10.4. The van der Waals surface area contributed by atoms with Crippen LogP contribution in [-0.2, 0) is 14.3 Å². The van der Waals surface area contributed by atoms with Gasteiger partial charge in [0.25, 0.3) is 11.8 Å². The zero-order valence-electron chi connectivity index (χ0n) is 16.6. The third-order valence-electron chi connectivity index (χ3n) is 6.48. The maximum absolute atomic E-state index is 12.8. The Hall–Kier alpha value is -1.99. The summed E-state index contributed by atoms with van der Waals surface area (Å²) in [5.74, 6) is -0.370. The lowest BCUT2D eigenvalue weighted by Crippen LogP contribution is -2.56. The van der Waals surface area contributed by atoms with E-state index in [0.29, 0.717) is 29.0 Å². The lowest BCUT2D eigenvalue weighted by molar-refractivity contribution is -0.171. The van der Waals surface area contributed by atoms with Gasteiger partial charge in [-0.2, -0.15) is 0 Å². The van der Waals surface area contributed by atoms with E-state index >= 15 is 0 Å². The molecule has 9 heteroatoms. The number of amides is 2. The first-order valence-corrected chi connectivity index (χ1v) is 10.8. The molecule has 5 rings (SSSR count). The van der Waals surface area contributed by atoms with E-state index in [1.807, 2.05) is 0 Å². The van der Waals surface area contributed by atoms with Gasteiger partial charge in [0.05, 0.1) is 18.1 Å². The smallest absolute Gasteiger partial charge is 0.312 e. The monoisotopic (exact) mass is 454 g/mol. The standard InChI is InChI=1S/C21H24Cl2N2O5/c1-29-16-3-2-14(22)5-15(16)18(27)25-24-17(26)10-30-19(28)20-6-12-4-13(7-20)9-21(23,8-12)11-20/h2-3,5,12-13H,4,6-11H2,1H3,(H,24,26)(H,25,27)/t12-,13-,20?,21?/m1/s1. The van der Waals surface area contributed by atoms with Crippen LogP contribution >= 0.6 is 23.2 Å². The number of methoxy groups -OCH3 is 1. The maximum Gasteiger partial charge on any atom is 0.312 e. The number of benzene rings is 1. The normalized spacial score (nSPS) is 31.2. The molecule has 0 spiro atoms. The summed E-state index contributed by atoms with van der Waals surface area (Å²) in [5.41, 5.74) is 4.11. The number of alkyl halides is 1. The molecule has 30 heavy (non-hydrogen) atoms. The first-order valence-electron chi connectivity index (χ1n) is 10.0. The fourth-order valence-corrected chi connectivity index (χ4v) is 6.63. The van der Waals surface area contributed by atoms with Crippen molar-refractivity contribution in [2.24, 2.45) is 17.3 Å². The highest BCUT2D eigenvalue weighted by Gasteiger charge is 2.60. The third-order valence-corrected chi connectivity index (χ3v) is 7.16. The van der Waals surface area contributed by atoms with Crippen molar-refractivity contribution in [3.05, 3.63) is 28.8 Å². The maximum atomic E-state index is 12.8. The molecule has 7 nitrogen and oxygen atoms in total. The van der Waals surface area contributed by atoms with Gasteiger partial charge in [0.15, 0.2) is 6.61 Å². The lowest BCUT2D eigenvalue weighted by atomic mass is 9.49. The number of nitrogens with one attached hydrogen (secondary N) is 2. The number of hydrazine groups is 1. The summed E-state index contributed by atoms with van der Waals surface area (Å²) in [6.45, 7) is -0.474. The summed E-state index contributed by atoms with van der Waals surface area (Å²) in [6.07, 6.45) is 5.22. The minimum atomic E-state index is -0.636. The highest BCUT2D eigenvalue weighted by Crippen LogP contribution is 2.64. The topological polar surface area (TPSA) is 93.7 Å². The quantitative estimate of drug-likeness (QED) is 0.404. The first-order chi connectivity index (χ1) is 14.2. The van der Waals surface area contributed by atoms with Gasteiger partial charge in [-0.05, 0) is 68.6 Å². The summed E-state index contributed by atoms with van der Waals surface area (Å²) in [5, 5.41) is 0.355. The fourth-order valence-electron chi connectivity index (χ4n) is 5.76. The van der Waals surface area contributed by atoms with Crippen LogP contribution in [-0.4, -0.2) is 36.4 Å². The van der Waals surface area contributed by atoms with Crippen LogP contribution in [0, 0.1) is 17.3 Å². The second-order valence-corrected chi connectivity index (χ2v) is 10.1. The van der Waals surface area contributed by atoms with E-state index in [-0.39, 0.29) is 16.4 Å². The number of rotatable bonds is 5. The van der Waals surface area contributed by atoms with Crippen LogP contribution < -0.4 is 15.6 Å². The molecule has 0 aromatic heterocycles. The molecular weight excluding hydrogens is 431 g/mol. The second-order valence-electron chi connectivity index (χ2n) is 8.82. The molecular formula is C21H24Cl2N2O5. The largest absolute Gasteiger partial charge is 0.496 e. The average molecular weight is 455 g/mol. The number of hydrogen-bond acceptors (Lipinski definition) is 5. The molecule has 2 N–H and O–H groups in total. The van der Waals surface area contributed by atoms with Crippen LogP contribution in [0.4, 0.5) is 0 Å². The lowest BCUT2D eigenvalue weighted by Gasteiger charge is -2.58. The Balaban J connectivity index is 1.30. The summed E-state index contributed by atoms with van der Waals surface area (Å²) >= 11 is 12.7. The van der Waals surface area contributed by atoms with Gasteiger partial charge in [0.1, 0.15) is 5.75 Å². The van der Waals surface area contributed by atoms with E-state index in [1.54, 1.807) is 12.1 Å². The Morgan fingerprint density at radius 1 is 1.13 bits per heavy atom. The van der Waals surface area contributed by atoms with Gasteiger partial charge in [0.2, 0.25) is 0 Å². The number of carbonyl (C=O) groups is 3. The number of carbonyl (C=O) groups excluding carboxylic acids is 3. The van der Waals surface area contributed by atoms with Crippen LogP contribution in [0.3, 0.4) is 0 Å². The molecule has 162 valence electrons. The van der Waals surface area contributed by atoms with Crippen molar-refractivity contribution in [3.63, 3.8) is 0 Å². The Morgan fingerprint density at radius 2 is 1.83 bits per heavy atom. The van der Waals surface area contributed by atoms with Crippen molar-refractivity contribution in [2.45, 2.75) is 43.4 Å². The molecule has 4 saturated carbocycles. The van der Waals surface area contributed by atoms with E-state index in [4.69, 9.17) is 32.7 Å². The second kappa shape index (κ2) is 7.93. The van der Waals surface area contributed by atoms with Crippen LogP contribution in [0.5, 0.6) is 5.75 Å². The molecule has 2 atom stereocenters. The molecule has 1 aromatic rings. The Bertz CT molecular complexity index is 876. The van der Waals surface area contributed by atoms with Crippen molar-refractivity contribution < 1.29 is 23.9 Å². The van der Waals surface area contributed by atoms with Crippen LogP contribution in [0.15, 0.2) is 18.2 Å².